The molecule has 0 spiro atoms. The van der Waals surface area contributed by atoms with Crippen LogP contribution in [0.1, 0.15) is 30.1 Å². The van der Waals surface area contributed by atoms with Gasteiger partial charge in [0.25, 0.3) is 0 Å². The molecule has 1 atom stereocenters. The SMILES string of the molecule is Cc1cccc(C(O)C2=COCCC2)c1F. The molecular weight excluding hydrogens is 207 g/mol. The molecule has 1 aromatic carbocycles. The molecule has 0 bridgehead atoms. The van der Waals surface area contributed by atoms with Gasteiger partial charge in [-0.25, -0.2) is 4.39 Å². The van der Waals surface area contributed by atoms with E-state index in [1.165, 1.54) is 0 Å². The summed E-state index contributed by atoms with van der Waals surface area (Å²) in [7, 11) is 0. The van der Waals surface area contributed by atoms with Crippen molar-refractivity contribution in [2.45, 2.75) is 25.9 Å². The lowest BCUT2D eigenvalue weighted by atomic mass is 9.96. The van der Waals surface area contributed by atoms with Crippen LogP contribution in [0.5, 0.6) is 0 Å². The second kappa shape index (κ2) is 4.66. The van der Waals surface area contributed by atoms with Gasteiger partial charge in [0, 0.05) is 5.56 Å². The molecule has 16 heavy (non-hydrogen) atoms. The van der Waals surface area contributed by atoms with E-state index in [1.54, 1.807) is 31.4 Å². The standard InChI is InChI=1S/C13H15FO2/c1-9-4-2-6-11(12(9)14)13(15)10-5-3-7-16-8-10/h2,4,6,8,13,15H,3,5,7H2,1H3. The summed E-state index contributed by atoms with van der Waals surface area (Å²) < 4.78 is 18.9. The minimum atomic E-state index is -0.889. The van der Waals surface area contributed by atoms with E-state index in [0.717, 1.165) is 18.4 Å². The molecule has 0 aliphatic carbocycles. The number of aliphatic hydroxyl groups is 1. The minimum Gasteiger partial charge on any atom is -0.501 e. The topological polar surface area (TPSA) is 29.5 Å². The molecular formula is C13H15FO2. The van der Waals surface area contributed by atoms with Crippen molar-refractivity contribution in [2.75, 3.05) is 6.61 Å². The lowest BCUT2D eigenvalue weighted by Gasteiger charge is -2.20. The molecule has 0 fully saturated rings. The molecule has 1 heterocycles. The molecule has 1 aliphatic heterocycles. The highest BCUT2D eigenvalue weighted by Gasteiger charge is 2.20. The van der Waals surface area contributed by atoms with Crippen LogP contribution in [0.15, 0.2) is 30.0 Å². The fourth-order valence-electron chi connectivity index (χ4n) is 1.87. The van der Waals surface area contributed by atoms with Crippen LogP contribution in [0.25, 0.3) is 0 Å². The van der Waals surface area contributed by atoms with E-state index >= 15 is 0 Å². The Hall–Kier alpha value is -1.35. The van der Waals surface area contributed by atoms with Crippen molar-refractivity contribution in [3.8, 4) is 0 Å². The van der Waals surface area contributed by atoms with Gasteiger partial charge in [0.05, 0.1) is 12.9 Å². The minimum absolute atomic E-state index is 0.330. The summed E-state index contributed by atoms with van der Waals surface area (Å²) in [5, 5.41) is 10.1. The molecule has 1 N–H and O–H groups in total. The average molecular weight is 222 g/mol. The highest BCUT2D eigenvalue weighted by atomic mass is 19.1. The van der Waals surface area contributed by atoms with Crippen LogP contribution in [0.2, 0.25) is 0 Å². The Morgan fingerprint density at radius 2 is 2.25 bits per heavy atom. The summed E-state index contributed by atoms with van der Waals surface area (Å²) >= 11 is 0. The Morgan fingerprint density at radius 3 is 2.94 bits per heavy atom. The van der Waals surface area contributed by atoms with Crippen LogP contribution in [0.4, 0.5) is 4.39 Å². The van der Waals surface area contributed by atoms with Crippen LogP contribution in [0.3, 0.4) is 0 Å². The molecule has 1 aromatic rings. The monoisotopic (exact) mass is 222 g/mol. The quantitative estimate of drug-likeness (QED) is 0.833. The van der Waals surface area contributed by atoms with Gasteiger partial charge in [0.15, 0.2) is 0 Å². The summed E-state index contributed by atoms with van der Waals surface area (Å²) in [5.41, 5.74) is 1.63. The smallest absolute Gasteiger partial charge is 0.132 e. The predicted molar refractivity (Wildman–Crippen MR) is 59.4 cm³/mol. The molecule has 0 radical (unpaired) electrons. The van der Waals surface area contributed by atoms with Crippen molar-refractivity contribution >= 4 is 0 Å². The van der Waals surface area contributed by atoms with Crippen molar-refractivity contribution in [1.82, 2.24) is 0 Å². The molecule has 2 nitrogen and oxygen atoms in total. The first-order valence-electron chi connectivity index (χ1n) is 5.44. The summed E-state index contributed by atoms with van der Waals surface area (Å²) in [4.78, 5) is 0. The normalized spacial score (nSPS) is 17.6. The Morgan fingerprint density at radius 1 is 1.44 bits per heavy atom. The van der Waals surface area contributed by atoms with Crippen molar-refractivity contribution in [1.29, 1.82) is 0 Å². The summed E-state index contributed by atoms with van der Waals surface area (Å²) in [6, 6.07) is 5.06. The fourth-order valence-corrected chi connectivity index (χ4v) is 1.87. The summed E-state index contributed by atoms with van der Waals surface area (Å²) in [6.45, 7) is 2.36. The van der Waals surface area contributed by atoms with E-state index in [1.807, 2.05) is 0 Å². The number of aliphatic hydroxyl groups excluding tert-OH is 1. The Bertz CT molecular complexity index is 412. The third-order valence-corrected chi connectivity index (χ3v) is 2.83. The first kappa shape index (κ1) is 11.1. The van der Waals surface area contributed by atoms with Gasteiger partial charge in [-0.05, 0) is 30.9 Å². The Kier molecular flexibility index (Phi) is 3.25. The van der Waals surface area contributed by atoms with Gasteiger partial charge in [-0.3, -0.25) is 0 Å². The second-order valence-corrected chi connectivity index (χ2v) is 4.05. The van der Waals surface area contributed by atoms with Crippen LogP contribution < -0.4 is 0 Å². The van der Waals surface area contributed by atoms with Gasteiger partial charge in [-0.2, -0.15) is 0 Å². The lowest BCUT2D eigenvalue weighted by molar-refractivity contribution is 0.167. The number of hydrogen-bond acceptors (Lipinski definition) is 2. The van der Waals surface area contributed by atoms with E-state index in [2.05, 4.69) is 0 Å². The first-order chi connectivity index (χ1) is 7.70. The lowest BCUT2D eigenvalue weighted by Crippen LogP contribution is -2.09. The maximum Gasteiger partial charge on any atom is 0.132 e. The number of benzene rings is 1. The number of ether oxygens (including phenoxy) is 1. The molecule has 0 saturated carbocycles. The van der Waals surface area contributed by atoms with E-state index in [0.29, 0.717) is 17.7 Å². The van der Waals surface area contributed by atoms with Crippen LogP contribution in [-0.2, 0) is 4.74 Å². The van der Waals surface area contributed by atoms with Crippen molar-refractivity contribution < 1.29 is 14.2 Å². The van der Waals surface area contributed by atoms with Crippen LogP contribution in [-0.4, -0.2) is 11.7 Å². The van der Waals surface area contributed by atoms with Crippen molar-refractivity contribution in [2.24, 2.45) is 0 Å². The highest BCUT2D eigenvalue weighted by molar-refractivity contribution is 5.31. The Labute approximate surface area is 94.4 Å². The number of aryl methyl sites for hydroxylation is 1. The van der Waals surface area contributed by atoms with E-state index in [9.17, 15) is 9.50 Å². The van der Waals surface area contributed by atoms with Gasteiger partial charge >= 0.3 is 0 Å². The number of hydrogen-bond donors (Lipinski definition) is 1. The molecule has 0 aromatic heterocycles. The highest BCUT2D eigenvalue weighted by Crippen LogP contribution is 2.29. The largest absolute Gasteiger partial charge is 0.501 e. The fraction of sp³-hybridized carbons (Fsp3) is 0.385. The van der Waals surface area contributed by atoms with Gasteiger partial charge in [-0.15, -0.1) is 0 Å². The summed E-state index contributed by atoms with van der Waals surface area (Å²) in [6.07, 6.45) is 2.29. The summed E-state index contributed by atoms with van der Waals surface area (Å²) in [5.74, 6) is -0.332. The third kappa shape index (κ3) is 2.09. The Balaban J connectivity index is 2.29. The van der Waals surface area contributed by atoms with Crippen molar-refractivity contribution in [3.63, 3.8) is 0 Å². The molecule has 86 valence electrons. The van der Waals surface area contributed by atoms with E-state index in [-0.39, 0.29) is 5.82 Å². The number of halogens is 1. The molecule has 1 unspecified atom stereocenters. The molecule has 0 amide bonds. The average Bonchev–Trinajstić information content (AvgIpc) is 2.33. The third-order valence-electron chi connectivity index (χ3n) is 2.83. The molecule has 2 rings (SSSR count). The predicted octanol–water partition coefficient (Wildman–Crippen LogP) is 2.86. The zero-order valence-electron chi connectivity index (χ0n) is 9.24. The van der Waals surface area contributed by atoms with Gasteiger partial charge in [0.1, 0.15) is 11.9 Å². The zero-order chi connectivity index (χ0) is 11.5. The van der Waals surface area contributed by atoms with Gasteiger partial charge < -0.3 is 9.84 Å². The van der Waals surface area contributed by atoms with Crippen molar-refractivity contribution in [3.05, 3.63) is 47.0 Å². The van der Waals surface area contributed by atoms with Crippen LogP contribution in [0, 0.1) is 12.7 Å². The molecule has 3 heteroatoms. The second-order valence-electron chi connectivity index (χ2n) is 4.05. The van der Waals surface area contributed by atoms with E-state index in [4.69, 9.17) is 4.74 Å². The van der Waals surface area contributed by atoms with Crippen LogP contribution >= 0.6 is 0 Å². The van der Waals surface area contributed by atoms with E-state index < -0.39 is 6.10 Å². The zero-order valence-corrected chi connectivity index (χ0v) is 9.24. The molecule has 1 aliphatic rings. The maximum absolute atomic E-state index is 13.8. The maximum atomic E-state index is 13.8. The number of rotatable bonds is 2. The first-order valence-corrected chi connectivity index (χ1v) is 5.44. The van der Waals surface area contributed by atoms with Gasteiger partial charge in [-0.1, -0.05) is 18.2 Å². The van der Waals surface area contributed by atoms with Gasteiger partial charge in [0.2, 0.25) is 0 Å². The molecule has 0 saturated heterocycles.